The summed E-state index contributed by atoms with van der Waals surface area (Å²) >= 11 is 0. The zero-order valence-electron chi connectivity index (χ0n) is 9.53. The molecule has 4 nitrogen and oxygen atoms in total. The van der Waals surface area contributed by atoms with E-state index < -0.39 is 5.60 Å². The lowest BCUT2D eigenvalue weighted by Gasteiger charge is -2.16. The Balaban J connectivity index is 2.36. The Labute approximate surface area is 94.9 Å². The van der Waals surface area contributed by atoms with Gasteiger partial charge in [-0.1, -0.05) is 12.1 Å². The predicted molar refractivity (Wildman–Crippen MR) is 61.1 cm³/mol. The van der Waals surface area contributed by atoms with E-state index in [-0.39, 0.29) is 11.7 Å². The van der Waals surface area contributed by atoms with E-state index in [1.54, 1.807) is 24.3 Å². The number of hydrogen-bond acceptors (Lipinski definition) is 3. The number of nitrogens with one attached hydrogen (secondary N) is 1. The van der Waals surface area contributed by atoms with Crippen molar-refractivity contribution in [3.8, 4) is 5.75 Å². The van der Waals surface area contributed by atoms with Crippen LogP contribution >= 0.6 is 0 Å². The molecule has 0 saturated heterocycles. The fourth-order valence-corrected chi connectivity index (χ4v) is 1.20. The second-order valence-electron chi connectivity index (χ2n) is 4.23. The first-order valence-corrected chi connectivity index (χ1v) is 5.18. The lowest BCUT2D eigenvalue weighted by Crippen LogP contribution is -2.42. The molecule has 0 bridgehead atoms. The van der Waals surface area contributed by atoms with Crippen LogP contribution in [0.5, 0.6) is 5.75 Å². The number of phenols is 1. The molecule has 0 radical (unpaired) electrons. The van der Waals surface area contributed by atoms with Crippen LogP contribution in [-0.2, 0) is 11.2 Å². The average Bonchev–Trinajstić information content (AvgIpc) is 2.19. The highest BCUT2D eigenvalue weighted by molar-refractivity contribution is 5.83. The molecule has 1 amide bonds. The number of carbonyl (C=O) groups excluding carboxylic acids is 1. The highest BCUT2D eigenvalue weighted by Crippen LogP contribution is 2.09. The van der Waals surface area contributed by atoms with E-state index >= 15 is 0 Å². The van der Waals surface area contributed by atoms with Gasteiger partial charge in [0.15, 0.2) is 0 Å². The number of rotatable bonds is 4. The highest BCUT2D eigenvalue weighted by Gasteiger charge is 2.22. The molecule has 0 unspecified atom stereocenters. The summed E-state index contributed by atoms with van der Waals surface area (Å²) in [5.74, 6) is -0.157. The van der Waals surface area contributed by atoms with Gasteiger partial charge in [-0.15, -0.1) is 0 Å². The van der Waals surface area contributed by atoms with Crippen LogP contribution in [0, 0.1) is 0 Å². The molecule has 0 saturated carbocycles. The van der Waals surface area contributed by atoms with Crippen molar-refractivity contribution in [1.29, 1.82) is 0 Å². The quantitative estimate of drug-likeness (QED) is 0.708. The lowest BCUT2D eigenvalue weighted by molar-refractivity contribution is -0.136. The molecule has 0 aliphatic carbocycles. The zero-order valence-corrected chi connectivity index (χ0v) is 9.53. The van der Waals surface area contributed by atoms with Crippen molar-refractivity contribution < 1.29 is 15.0 Å². The average molecular weight is 223 g/mol. The summed E-state index contributed by atoms with van der Waals surface area (Å²) in [4.78, 5) is 11.3. The van der Waals surface area contributed by atoms with Gasteiger partial charge < -0.3 is 15.5 Å². The van der Waals surface area contributed by atoms with Crippen LogP contribution in [0.25, 0.3) is 0 Å². The van der Waals surface area contributed by atoms with Gasteiger partial charge in [0.1, 0.15) is 11.4 Å². The third-order valence-corrected chi connectivity index (χ3v) is 2.19. The van der Waals surface area contributed by atoms with Gasteiger partial charge in [0.25, 0.3) is 5.91 Å². The van der Waals surface area contributed by atoms with Gasteiger partial charge in [0, 0.05) is 6.54 Å². The van der Waals surface area contributed by atoms with E-state index in [0.717, 1.165) is 5.56 Å². The second kappa shape index (κ2) is 4.99. The Morgan fingerprint density at radius 1 is 1.31 bits per heavy atom. The van der Waals surface area contributed by atoms with E-state index in [1.807, 2.05) is 0 Å². The number of aromatic hydroxyl groups is 1. The van der Waals surface area contributed by atoms with E-state index in [2.05, 4.69) is 5.32 Å². The van der Waals surface area contributed by atoms with Crippen LogP contribution in [0.3, 0.4) is 0 Å². The largest absolute Gasteiger partial charge is 0.508 e. The first-order chi connectivity index (χ1) is 7.39. The first kappa shape index (κ1) is 12.5. The first-order valence-electron chi connectivity index (χ1n) is 5.18. The molecule has 1 aromatic rings. The van der Waals surface area contributed by atoms with E-state index in [9.17, 15) is 9.90 Å². The number of benzene rings is 1. The number of amides is 1. The van der Waals surface area contributed by atoms with Crippen LogP contribution < -0.4 is 5.32 Å². The maximum absolute atomic E-state index is 11.3. The van der Waals surface area contributed by atoms with Crippen molar-refractivity contribution >= 4 is 5.91 Å². The Kier molecular flexibility index (Phi) is 3.90. The summed E-state index contributed by atoms with van der Waals surface area (Å²) in [5.41, 5.74) is -0.316. The molecular formula is C12H17NO3. The molecular weight excluding hydrogens is 206 g/mol. The normalized spacial score (nSPS) is 11.2. The Morgan fingerprint density at radius 3 is 2.38 bits per heavy atom. The van der Waals surface area contributed by atoms with Gasteiger partial charge >= 0.3 is 0 Å². The molecule has 0 heterocycles. The smallest absolute Gasteiger partial charge is 0.251 e. The monoisotopic (exact) mass is 223 g/mol. The maximum atomic E-state index is 11.3. The maximum Gasteiger partial charge on any atom is 0.251 e. The van der Waals surface area contributed by atoms with E-state index in [1.165, 1.54) is 13.8 Å². The molecule has 0 spiro atoms. The second-order valence-corrected chi connectivity index (χ2v) is 4.23. The van der Waals surface area contributed by atoms with Crippen molar-refractivity contribution in [3.63, 3.8) is 0 Å². The Bertz CT molecular complexity index is 352. The van der Waals surface area contributed by atoms with Crippen LogP contribution in [0.15, 0.2) is 24.3 Å². The minimum atomic E-state index is -1.34. The summed E-state index contributed by atoms with van der Waals surface area (Å²) in [6, 6.07) is 6.80. The Morgan fingerprint density at radius 2 is 1.88 bits per heavy atom. The number of hydrogen-bond donors (Lipinski definition) is 3. The number of carbonyl (C=O) groups is 1. The van der Waals surface area contributed by atoms with Gasteiger partial charge in [0.05, 0.1) is 0 Å². The molecule has 0 aliphatic rings. The van der Waals surface area contributed by atoms with Gasteiger partial charge in [-0.2, -0.15) is 0 Å². The fraction of sp³-hybridized carbons (Fsp3) is 0.417. The summed E-state index contributed by atoms with van der Waals surface area (Å²) in [6.45, 7) is 3.36. The van der Waals surface area contributed by atoms with Crippen LogP contribution in [-0.4, -0.2) is 28.3 Å². The number of phenolic OH excluding ortho intramolecular Hbond substituents is 1. The van der Waals surface area contributed by atoms with Gasteiger partial charge in [0.2, 0.25) is 0 Å². The third-order valence-electron chi connectivity index (χ3n) is 2.19. The molecule has 0 fully saturated rings. The molecule has 16 heavy (non-hydrogen) atoms. The minimum Gasteiger partial charge on any atom is -0.508 e. The lowest BCUT2D eigenvalue weighted by atomic mass is 10.1. The van der Waals surface area contributed by atoms with Crippen LogP contribution in [0.4, 0.5) is 0 Å². The molecule has 88 valence electrons. The topological polar surface area (TPSA) is 69.6 Å². The molecule has 0 aromatic heterocycles. The molecule has 3 N–H and O–H groups in total. The van der Waals surface area contributed by atoms with Crippen molar-refractivity contribution in [2.75, 3.05) is 6.54 Å². The molecule has 1 rings (SSSR count). The van der Waals surface area contributed by atoms with Gasteiger partial charge in [-0.3, -0.25) is 4.79 Å². The molecule has 1 aromatic carbocycles. The molecule has 0 aliphatic heterocycles. The van der Waals surface area contributed by atoms with Crippen molar-refractivity contribution in [2.24, 2.45) is 0 Å². The van der Waals surface area contributed by atoms with Crippen molar-refractivity contribution in [2.45, 2.75) is 25.9 Å². The summed E-state index contributed by atoms with van der Waals surface area (Å²) in [5, 5.41) is 21.1. The zero-order chi connectivity index (χ0) is 12.2. The molecule has 4 heteroatoms. The standard InChI is InChI=1S/C12H17NO3/c1-12(2,16)11(15)13-8-7-9-3-5-10(14)6-4-9/h3-6,14,16H,7-8H2,1-2H3,(H,13,15). The van der Waals surface area contributed by atoms with Crippen molar-refractivity contribution in [3.05, 3.63) is 29.8 Å². The molecule has 0 atom stereocenters. The van der Waals surface area contributed by atoms with Gasteiger partial charge in [-0.25, -0.2) is 0 Å². The summed E-state index contributed by atoms with van der Waals surface area (Å²) in [7, 11) is 0. The highest BCUT2D eigenvalue weighted by atomic mass is 16.3. The third kappa shape index (κ3) is 3.90. The van der Waals surface area contributed by atoms with Gasteiger partial charge in [-0.05, 0) is 38.0 Å². The fourth-order valence-electron chi connectivity index (χ4n) is 1.20. The summed E-state index contributed by atoms with van der Waals surface area (Å²) < 4.78 is 0. The van der Waals surface area contributed by atoms with Crippen molar-refractivity contribution in [1.82, 2.24) is 5.32 Å². The summed E-state index contributed by atoms with van der Waals surface area (Å²) in [6.07, 6.45) is 0.669. The number of aliphatic hydroxyl groups is 1. The minimum absolute atomic E-state index is 0.226. The Hall–Kier alpha value is -1.55. The SMILES string of the molecule is CC(C)(O)C(=O)NCCc1ccc(O)cc1. The predicted octanol–water partition coefficient (Wildman–Crippen LogP) is 0.822. The van der Waals surface area contributed by atoms with Crippen LogP contribution in [0.2, 0.25) is 0 Å². The van der Waals surface area contributed by atoms with E-state index in [4.69, 9.17) is 5.11 Å². The van der Waals surface area contributed by atoms with Crippen LogP contribution in [0.1, 0.15) is 19.4 Å². The van der Waals surface area contributed by atoms with E-state index in [0.29, 0.717) is 13.0 Å².